The molecule has 0 aliphatic carbocycles. The third-order valence-corrected chi connectivity index (χ3v) is 3.97. The number of aryl methyl sites for hydroxylation is 2. The highest BCUT2D eigenvalue weighted by atomic mass is 35.5. The largest absolute Gasteiger partial charge is 0.343 e. The first-order chi connectivity index (χ1) is 10.0. The van der Waals surface area contributed by atoms with Gasteiger partial charge in [-0.2, -0.15) is 0 Å². The molecule has 0 saturated carbocycles. The van der Waals surface area contributed by atoms with Crippen LogP contribution < -0.4 is 10.2 Å². The fraction of sp³-hybridized carbons (Fsp3) is 0.333. The Morgan fingerprint density at radius 1 is 1.05 bits per heavy atom. The standard InChI is InChI=1S/C18H23ClN2/c1-5-20-12-15-7-9-18(16(19)11-15)21(4)17-8-6-13(2)10-14(17)3/h6-11,20H,5,12H2,1-4H3. The van der Waals surface area contributed by atoms with Crippen molar-refractivity contribution in [1.29, 1.82) is 0 Å². The molecular formula is C18H23ClN2. The smallest absolute Gasteiger partial charge is 0.0646 e. The molecule has 0 radical (unpaired) electrons. The minimum atomic E-state index is 0.785. The number of halogens is 1. The number of anilines is 2. The second-order valence-corrected chi connectivity index (χ2v) is 5.82. The van der Waals surface area contributed by atoms with Crippen molar-refractivity contribution in [3.05, 3.63) is 58.1 Å². The molecule has 0 unspecified atom stereocenters. The van der Waals surface area contributed by atoms with Gasteiger partial charge in [-0.05, 0) is 49.7 Å². The molecule has 2 nitrogen and oxygen atoms in total. The van der Waals surface area contributed by atoms with Gasteiger partial charge in [0.15, 0.2) is 0 Å². The molecule has 0 aliphatic heterocycles. The van der Waals surface area contributed by atoms with Gasteiger partial charge in [-0.3, -0.25) is 0 Å². The SMILES string of the molecule is CCNCc1ccc(N(C)c2ccc(C)cc2C)c(Cl)c1. The molecule has 0 heterocycles. The molecule has 21 heavy (non-hydrogen) atoms. The van der Waals surface area contributed by atoms with E-state index in [2.05, 4.69) is 68.4 Å². The molecule has 0 bridgehead atoms. The van der Waals surface area contributed by atoms with Crippen LogP contribution in [0, 0.1) is 13.8 Å². The molecule has 112 valence electrons. The van der Waals surface area contributed by atoms with Crippen LogP contribution in [-0.4, -0.2) is 13.6 Å². The molecule has 0 aliphatic rings. The van der Waals surface area contributed by atoms with Crippen LogP contribution >= 0.6 is 11.6 Å². The maximum absolute atomic E-state index is 6.47. The minimum Gasteiger partial charge on any atom is -0.343 e. The maximum Gasteiger partial charge on any atom is 0.0646 e. The van der Waals surface area contributed by atoms with Gasteiger partial charge in [-0.15, -0.1) is 0 Å². The van der Waals surface area contributed by atoms with Gasteiger partial charge in [-0.25, -0.2) is 0 Å². The Morgan fingerprint density at radius 3 is 2.38 bits per heavy atom. The quantitative estimate of drug-likeness (QED) is 0.850. The molecule has 0 fully saturated rings. The number of hydrogen-bond donors (Lipinski definition) is 1. The van der Waals surface area contributed by atoms with Crippen molar-refractivity contribution in [2.75, 3.05) is 18.5 Å². The molecule has 0 amide bonds. The monoisotopic (exact) mass is 302 g/mol. The molecule has 0 aromatic heterocycles. The van der Waals surface area contributed by atoms with Gasteiger partial charge in [0.05, 0.1) is 10.7 Å². The van der Waals surface area contributed by atoms with Crippen LogP contribution in [-0.2, 0) is 6.54 Å². The van der Waals surface area contributed by atoms with Crippen molar-refractivity contribution in [1.82, 2.24) is 5.32 Å². The number of nitrogens with one attached hydrogen (secondary N) is 1. The Labute approximate surface area is 132 Å². The zero-order chi connectivity index (χ0) is 15.4. The molecule has 0 saturated heterocycles. The van der Waals surface area contributed by atoms with Gasteiger partial charge in [0.25, 0.3) is 0 Å². The van der Waals surface area contributed by atoms with E-state index in [0.29, 0.717) is 0 Å². The topological polar surface area (TPSA) is 15.3 Å². The lowest BCUT2D eigenvalue weighted by molar-refractivity contribution is 0.727. The van der Waals surface area contributed by atoms with Gasteiger partial charge in [0.1, 0.15) is 0 Å². The van der Waals surface area contributed by atoms with Gasteiger partial charge in [0.2, 0.25) is 0 Å². The van der Waals surface area contributed by atoms with E-state index >= 15 is 0 Å². The fourth-order valence-electron chi connectivity index (χ4n) is 2.51. The predicted molar refractivity (Wildman–Crippen MR) is 92.8 cm³/mol. The van der Waals surface area contributed by atoms with Crippen LogP contribution in [0.4, 0.5) is 11.4 Å². The van der Waals surface area contributed by atoms with E-state index < -0.39 is 0 Å². The number of benzene rings is 2. The number of nitrogens with zero attached hydrogens (tertiary/aromatic N) is 1. The van der Waals surface area contributed by atoms with Crippen LogP contribution in [0.1, 0.15) is 23.6 Å². The first-order valence-electron chi connectivity index (χ1n) is 7.33. The van der Waals surface area contributed by atoms with Crippen LogP contribution in [0.3, 0.4) is 0 Å². The van der Waals surface area contributed by atoms with Crippen LogP contribution in [0.5, 0.6) is 0 Å². The highest BCUT2D eigenvalue weighted by Crippen LogP contribution is 2.33. The Hall–Kier alpha value is -1.51. The normalized spacial score (nSPS) is 10.7. The van der Waals surface area contributed by atoms with Crippen LogP contribution in [0.25, 0.3) is 0 Å². The molecule has 1 N–H and O–H groups in total. The summed E-state index contributed by atoms with van der Waals surface area (Å²) in [7, 11) is 2.06. The molecule has 0 spiro atoms. The minimum absolute atomic E-state index is 0.785. The molecule has 3 heteroatoms. The van der Waals surface area contributed by atoms with Gasteiger partial charge >= 0.3 is 0 Å². The lowest BCUT2D eigenvalue weighted by Gasteiger charge is -2.23. The van der Waals surface area contributed by atoms with Crippen LogP contribution in [0.2, 0.25) is 5.02 Å². The Balaban J connectivity index is 2.28. The lowest BCUT2D eigenvalue weighted by atomic mass is 10.1. The zero-order valence-electron chi connectivity index (χ0n) is 13.2. The summed E-state index contributed by atoms with van der Waals surface area (Å²) >= 11 is 6.47. The van der Waals surface area contributed by atoms with E-state index in [1.54, 1.807) is 0 Å². The Bertz CT molecular complexity index is 623. The van der Waals surface area contributed by atoms with E-state index in [4.69, 9.17) is 11.6 Å². The van der Waals surface area contributed by atoms with Crippen molar-refractivity contribution >= 4 is 23.0 Å². The zero-order valence-corrected chi connectivity index (χ0v) is 14.0. The first kappa shape index (κ1) is 15.9. The summed E-state index contributed by atoms with van der Waals surface area (Å²) < 4.78 is 0. The maximum atomic E-state index is 6.47. The van der Waals surface area contributed by atoms with Gasteiger partial charge in [-0.1, -0.05) is 42.3 Å². The Morgan fingerprint density at radius 2 is 1.76 bits per heavy atom. The highest BCUT2D eigenvalue weighted by molar-refractivity contribution is 6.33. The van der Waals surface area contributed by atoms with E-state index in [0.717, 1.165) is 23.8 Å². The third kappa shape index (κ3) is 3.78. The molecule has 2 aromatic carbocycles. The summed E-state index contributed by atoms with van der Waals surface area (Å²) in [6.07, 6.45) is 0. The van der Waals surface area contributed by atoms with Crippen molar-refractivity contribution in [3.63, 3.8) is 0 Å². The average Bonchev–Trinajstić information content (AvgIpc) is 2.44. The van der Waals surface area contributed by atoms with E-state index in [1.165, 1.54) is 22.4 Å². The molecule has 0 atom stereocenters. The molecular weight excluding hydrogens is 280 g/mol. The predicted octanol–water partition coefficient (Wildman–Crippen LogP) is 4.83. The summed E-state index contributed by atoms with van der Waals surface area (Å²) in [6.45, 7) is 8.15. The van der Waals surface area contributed by atoms with Crippen LogP contribution in [0.15, 0.2) is 36.4 Å². The van der Waals surface area contributed by atoms with Crippen molar-refractivity contribution in [2.45, 2.75) is 27.3 Å². The average molecular weight is 303 g/mol. The summed E-state index contributed by atoms with van der Waals surface area (Å²) in [5.41, 5.74) is 5.95. The Kier molecular flexibility index (Phi) is 5.27. The van der Waals surface area contributed by atoms with E-state index in [9.17, 15) is 0 Å². The number of hydrogen-bond acceptors (Lipinski definition) is 2. The summed E-state index contributed by atoms with van der Waals surface area (Å²) in [5.74, 6) is 0. The number of rotatable bonds is 5. The van der Waals surface area contributed by atoms with Crippen molar-refractivity contribution in [3.8, 4) is 0 Å². The van der Waals surface area contributed by atoms with E-state index in [1.807, 2.05) is 6.07 Å². The molecule has 2 aromatic rings. The van der Waals surface area contributed by atoms with Gasteiger partial charge < -0.3 is 10.2 Å². The first-order valence-corrected chi connectivity index (χ1v) is 7.71. The highest BCUT2D eigenvalue weighted by Gasteiger charge is 2.11. The lowest BCUT2D eigenvalue weighted by Crippen LogP contribution is -2.13. The van der Waals surface area contributed by atoms with Crippen molar-refractivity contribution in [2.24, 2.45) is 0 Å². The second-order valence-electron chi connectivity index (χ2n) is 5.42. The van der Waals surface area contributed by atoms with Gasteiger partial charge in [0, 0.05) is 19.3 Å². The van der Waals surface area contributed by atoms with E-state index in [-0.39, 0.29) is 0 Å². The second kappa shape index (κ2) is 6.97. The summed E-state index contributed by atoms with van der Waals surface area (Å²) in [5, 5.41) is 4.10. The fourth-order valence-corrected chi connectivity index (χ4v) is 2.84. The van der Waals surface area contributed by atoms with Crippen molar-refractivity contribution < 1.29 is 0 Å². The molecule has 2 rings (SSSR count). The third-order valence-electron chi connectivity index (χ3n) is 3.67. The summed E-state index contributed by atoms with van der Waals surface area (Å²) in [6, 6.07) is 12.7. The summed E-state index contributed by atoms with van der Waals surface area (Å²) in [4.78, 5) is 2.15.